The van der Waals surface area contributed by atoms with Crippen LogP contribution < -0.4 is 10.6 Å². The van der Waals surface area contributed by atoms with Crippen molar-refractivity contribution in [3.63, 3.8) is 0 Å². The maximum Gasteiger partial charge on any atom is 0.0763 e. The summed E-state index contributed by atoms with van der Waals surface area (Å²) in [6.45, 7) is 22.2. The Morgan fingerprint density at radius 2 is 0.765 bits per heavy atom. The number of rotatable bonds is 18. The monoisotopic (exact) mass is 715 g/mol. The quantitative estimate of drug-likeness (QED) is 0.106. The Morgan fingerprint density at radius 3 is 1.14 bits per heavy atom. The summed E-state index contributed by atoms with van der Waals surface area (Å²) in [7, 11) is 0. The van der Waals surface area contributed by atoms with Gasteiger partial charge in [0.15, 0.2) is 0 Å². The van der Waals surface area contributed by atoms with Gasteiger partial charge in [-0.05, 0) is 147 Å². The average molecular weight is 715 g/mol. The molecule has 0 aromatic heterocycles. The highest BCUT2D eigenvalue weighted by Crippen LogP contribution is 2.61. The van der Waals surface area contributed by atoms with E-state index in [1.807, 2.05) is 0 Å². The van der Waals surface area contributed by atoms with E-state index >= 15 is 0 Å². The molecule has 4 aliphatic carbocycles. The largest absolute Gasteiger partial charge is 0.396 e. The number of fused-ring (bicyclic) bond motifs is 6. The van der Waals surface area contributed by atoms with Crippen molar-refractivity contribution in [3.05, 3.63) is 0 Å². The van der Waals surface area contributed by atoms with E-state index in [0.717, 1.165) is 49.6 Å². The van der Waals surface area contributed by atoms with Gasteiger partial charge in [-0.25, -0.2) is 0 Å². The van der Waals surface area contributed by atoms with Crippen molar-refractivity contribution in [2.45, 2.75) is 201 Å². The molecule has 6 rings (SSSR count). The van der Waals surface area contributed by atoms with E-state index in [-0.39, 0.29) is 37.5 Å². The second kappa shape index (κ2) is 16.5. The summed E-state index contributed by atoms with van der Waals surface area (Å²) >= 11 is 0. The normalized spacial score (nSPS) is 39.6. The first-order chi connectivity index (χ1) is 24.1. The number of unbranched alkanes of at least 4 members (excludes halogenated alkanes) is 6. The molecular weight excluding hydrogens is 633 g/mol. The minimum atomic E-state index is 0.236. The van der Waals surface area contributed by atoms with Crippen LogP contribution in [-0.2, 0) is 9.47 Å². The second-order valence-electron chi connectivity index (χ2n) is 22.2. The van der Waals surface area contributed by atoms with Crippen LogP contribution in [0.1, 0.15) is 165 Å². The summed E-state index contributed by atoms with van der Waals surface area (Å²) in [4.78, 5) is 0. The van der Waals surface area contributed by atoms with Crippen LogP contribution in [0.4, 0.5) is 0 Å². The molecule has 2 saturated heterocycles. The van der Waals surface area contributed by atoms with Crippen LogP contribution in [0.3, 0.4) is 0 Å². The summed E-state index contributed by atoms with van der Waals surface area (Å²) in [5.41, 5.74) is 1.57. The van der Waals surface area contributed by atoms with Crippen LogP contribution in [0.2, 0.25) is 0 Å². The van der Waals surface area contributed by atoms with Crippen LogP contribution >= 0.6 is 0 Å². The van der Waals surface area contributed by atoms with Gasteiger partial charge in [0.2, 0.25) is 0 Å². The highest BCUT2D eigenvalue weighted by atomic mass is 16.5. The zero-order valence-corrected chi connectivity index (χ0v) is 34.5. The summed E-state index contributed by atoms with van der Waals surface area (Å²) < 4.78 is 14.1. The predicted octanol–water partition coefficient (Wildman–Crippen LogP) is 8.91. The fraction of sp³-hybridized carbons (Fsp3) is 1.00. The predicted molar refractivity (Wildman–Crippen MR) is 210 cm³/mol. The molecule has 2 heterocycles. The van der Waals surface area contributed by atoms with E-state index in [1.165, 1.54) is 96.3 Å². The van der Waals surface area contributed by atoms with Crippen LogP contribution in [0, 0.1) is 57.2 Å². The van der Waals surface area contributed by atoms with E-state index in [2.05, 4.69) is 66.0 Å². The summed E-state index contributed by atoms with van der Waals surface area (Å²) in [6, 6.07) is 0.527. The Balaban J connectivity index is 0.883. The fourth-order valence-corrected chi connectivity index (χ4v) is 13.4. The molecule has 0 bridgehead atoms. The van der Waals surface area contributed by atoms with E-state index in [9.17, 15) is 10.2 Å². The van der Waals surface area contributed by atoms with Gasteiger partial charge in [0.05, 0.1) is 24.4 Å². The average Bonchev–Trinajstić information content (AvgIpc) is 3.74. The SMILES string of the molecule is CC1(C)C[C@H]2[C@@H](C1)[C@@H](C(CCO)NCCCCCCCCCNC(CCO)[C@H]1O[C@@H]3CC(C)(C)C[C@@H]3[C@H]3CC(C)(C)C[C@H]31)O[C@@H]1CC(C)(C)C[C@H]21. The molecule has 296 valence electrons. The van der Waals surface area contributed by atoms with Crippen LogP contribution in [0.5, 0.6) is 0 Å². The highest BCUT2D eigenvalue weighted by Gasteiger charge is 2.59. The zero-order chi connectivity index (χ0) is 36.6. The molecule has 0 aromatic carbocycles. The number of nitrogens with one attached hydrogen (secondary N) is 2. The molecule has 0 amide bonds. The fourth-order valence-electron chi connectivity index (χ4n) is 13.4. The lowest BCUT2D eigenvalue weighted by Gasteiger charge is -2.45. The van der Waals surface area contributed by atoms with Gasteiger partial charge in [-0.1, -0.05) is 87.5 Å². The molecule has 0 aromatic rings. The molecular formula is C45H82N2O4. The lowest BCUT2D eigenvalue weighted by atomic mass is 9.74. The molecule has 51 heavy (non-hydrogen) atoms. The van der Waals surface area contributed by atoms with Crippen molar-refractivity contribution >= 4 is 0 Å². The van der Waals surface area contributed by atoms with Gasteiger partial charge in [-0.3, -0.25) is 0 Å². The van der Waals surface area contributed by atoms with Crippen LogP contribution in [-0.4, -0.2) is 73.0 Å². The summed E-state index contributed by atoms with van der Waals surface area (Å²) in [6.07, 6.45) is 22.0. The minimum absolute atomic E-state index is 0.236. The molecule has 0 spiro atoms. The Hall–Kier alpha value is -0.240. The first kappa shape index (κ1) is 40.4. The van der Waals surface area contributed by atoms with E-state index in [4.69, 9.17) is 9.47 Å². The molecule has 6 nitrogen and oxygen atoms in total. The molecule has 4 N–H and O–H groups in total. The topological polar surface area (TPSA) is 83.0 Å². The van der Waals surface area contributed by atoms with Crippen molar-refractivity contribution in [2.24, 2.45) is 57.2 Å². The molecule has 0 radical (unpaired) electrons. The van der Waals surface area contributed by atoms with Gasteiger partial charge in [-0.2, -0.15) is 0 Å². The van der Waals surface area contributed by atoms with Crippen molar-refractivity contribution in [2.75, 3.05) is 26.3 Å². The first-order valence-corrected chi connectivity index (χ1v) is 22.1. The molecule has 2 unspecified atom stereocenters. The third kappa shape index (κ3) is 9.77. The maximum absolute atomic E-state index is 10.1. The lowest BCUT2D eigenvalue weighted by molar-refractivity contribution is -0.140. The van der Waals surface area contributed by atoms with E-state index in [1.54, 1.807) is 0 Å². The van der Waals surface area contributed by atoms with Crippen LogP contribution in [0.25, 0.3) is 0 Å². The van der Waals surface area contributed by atoms with Crippen molar-refractivity contribution < 1.29 is 19.7 Å². The van der Waals surface area contributed by atoms with Gasteiger partial charge in [0.1, 0.15) is 0 Å². The highest BCUT2D eigenvalue weighted by molar-refractivity contribution is 5.08. The van der Waals surface area contributed by atoms with Gasteiger partial charge in [0, 0.05) is 25.3 Å². The summed E-state index contributed by atoms with van der Waals surface area (Å²) in [5, 5.41) is 27.9. The third-order valence-electron chi connectivity index (χ3n) is 15.2. The number of hydrogen-bond donors (Lipinski definition) is 4. The van der Waals surface area contributed by atoms with Crippen LogP contribution in [0.15, 0.2) is 0 Å². The Labute approximate surface area is 314 Å². The molecule has 6 aliphatic rings. The number of ether oxygens (including phenoxy) is 2. The van der Waals surface area contributed by atoms with Gasteiger partial charge in [0.25, 0.3) is 0 Å². The lowest BCUT2D eigenvalue weighted by Crippen LogP contribution is -2.53. The molecule has 4 saturated carbocycles. The smallest absolute Gasteiger partial charge is 0.0763 e. The first-order valence-electron chi connectivity index (χ1n) is 22.1. The van der Waals surface area contributed by atoms with Crippen molar-refractivity contribution in [1.82, 2.24) is 10.6 Å². The zero-order valence-electron chi connectivity index (χ0n) is 34.5. The van der Waals surface area contributed by atoms with Crippen molar-refractivity contribution in [3.8, 4) is 0 Å². The number of hydrogen-bond acceptors (Lipinski definition) is 6. The Bertz CT molecular complexity index is 1020. The van der Waals surface area contributed by atoms with E-state index < -0.39 is 0 Å². The van der Waals surface area contributed by atoms with E-state index in [0.29, 0.717) is 45.7 Å². The standard InChI is InChI=1S/C45H82N2O4/c1-42(2)22-30-32-24-44(5,6)28-38(32)50-40(34(30)26-42)36(16-20-48)46-18-14-12-10-9-11-13-15-19-47-37(17-21-49)41-35-27-43(3,4)23-31(35)33-25-45(7,8)29-39(33)51-41/h30-41,46-49H,9-29H2,1-8H3/t30-,31-,32-,33-,34-,35-,36?,37?,38-,39-,40+,41+/m1/s1. The number of aliphatic hydroxyl groups is 2. The minimum Gasteiger partial charge on any atom is -0.396 e. The van der Waals surface area contributed by atoms with Crippen molar-refractivity contribution in [1.29, 1.82) is 0 Å². The Kier molecular flexibility index (Phi) is 13.1. The van der Waals surface area contributed by atoms with Gasteiger partial charge in [-0.15, -0.1) is 0 Å². The summed E-state index contributed by atoms with van der Waals surface area (Å²) in [5.74, 6) is 4.26. The molecule has 2 aliphatic heterocycles. The van der Waals surface area contributed by atoms with Gasteiger partial charge >= 0.3 is 0 Å². The molecule has 12 atom stereocenters. The Morgan fingerprint density at radius 1 is 0.451 bits per heavy atom. The maximum atomic E-state index is 10.1. The molecule has 6 fully saturated rings. The second-order valence-corrected chi connectivity index (χ2v) is 22.2. The number of aliphatic hydroxyl groups excluding tert-OH is 2. The van der Waals surface area contributed by atoms with Gasteiger partial charge < -0.3 is 30.3 Å². The third-order valence-corrected chi connectivity index (χ3v) is 15.2. The molecule has 6 heteroatoms.